The first kappa shape index (κ1) is 8.95. The zero-order valence-electron chi connectivity index (χ0n) is 7.87. The summed E-state index contributed by atoms with van der Waals surface area (Å²) in [5, 5.41) is 0. The molecule has 2 heteroatoms. The number of hydrogen-bond donors (Lipinski definition) is 0. The van der Waals surface area contributed by atoms with Gasteiger partial charge in [0.25, 0.3) is 0 Å². The van der Waals surface area contributed by atoms with Crippen LogP contribution < -0.4 is 0 Å². The topological polar surface area (TPSA) is 26.3 Å². The van der Waals surface area contributed by atoms with Crippen LogP contribution in [0.15, 0.2) is 12.2 Å². The van der Waals surface area contributed by atoms with Gasteiger partial charge in [0.1, 0.15) is 6.10 Å². The van der Waals surface area contributed by atoms with Gasteiger partial charge in [-0.1, -0.05) is 12.2 Å². The summed E-state index contributed by atoms with van der Waals surface area (Å²) >= 11 is 0. The van der Waals surface area contributed by atoms with E-state index in [0.717, 1.165) is 32.1 Å². The lowest BCUT2D eigenvalue weighted by Gasteiger charge is -2.12. The van der Waals surface area contributed by atoms with Gasteiger partial charge in [0.2, 0.25) is 0 Å². The van der Waals surface area contributed by atoms with Crippen LogP contribution in [0.4, 0.5) is 0 Å². The number of rotatable bonds is 0. The van der Waals surface area contributed by atoms with Crippen molar-refractivity contribution < 1.29 is 9.53 Å². The maximum Gasteiger partial charge on any atom is 0.161 e. The molecule has 0 aromatic heterocycles. The minimum absolute atomic E-state index is 0.0727. The van der Waals surface area contributed by atoms with Crippen molar-refractivity contribution in [2.75, 3.05) is 0 Å². The van der Waals surface area contributed by atoms with Crippen LogP contribution in [-0.4, -0.2) is 18.0 Å². The third-order valence-corrected chi connectivity index (χ3v) is 2.85. The number of ether oxygens (including phenoxy) is 1. The average Bonchev–Trinajstić information content (AvgIpc) is 2.58. The van der Waals surface area contributed by atoms with Gasteiger partial charge in [-0.3, -0.25) is 4.79 Å². The molecular formula is C11H16O2. The fraction of sp³-hybridized carbons (Fsp3) is 0.727. The van der Waals surface area contributed by atoms with E-state index in [-0.39, 0.29) is 6.10 Å². The predicted octanol–water partition coefficient (Wildman–Crippen LogP) is 2.23. The highest BCUT2D eigenvalue weighted by atomic mass is 16.5. The number of allylic oxidation sites excluding steroid dienone is 2. The molecule has 2 atom stereocenters. The Labute approximate surface area is 79.0 Å². The molecule has 2 rings (SSSR count). The maximum absolute atomic E-state index is 11.5. The Hall–Kier alpha value is -0.630. The van der Waals surface area contributed by atoms with Crippen LogP contribution in [-0.2, 0) is 9.53 Å². The molecule has 2 unspecified atom stereocenters. The quantitative estimate of drug-likeness (QED) is 0.534. The van der Waals surface area contributed by atoms with E-state index in [1.807, 2.05) is 0 Å². The largest absolute Gasteiger partial charge is 0.367 e. The molecule has 0 aliphatic carbocycles. The highest BCUT2D eigenvalue weighted by Crippen LogP contribution is 2.25. The number of fused-ring (bicyclic) bond motifs is 2. The molecule has 0 aromatic rings. The molecule has 0 amide bonds. The third-order valence-electron chi connectivity index (χ3n) is 2.85. The first-order valence-corrected chi connectivity index (χ1v) is 5.19. The molecule has 2 aliphatic rings. The summed E-state index contributed by atoms with van der Waals surface area (Å²) in [4.78, 5) is 11.5. The molecule has 2 nitrogen and oxygen atoms in total. The van der Waals surface area contributed by atoms with Gasteiger partial charge in [0.15, 0.2) is 5.78 Å². The zero-order valence-corrected chi connectivity index (χ0v) is 7.87. The van der Waals surface area contributed by atoms with Gasteiger partial charge in [-0.05, 0) is 32.1 Å². The van der Waals surface area contributed by atoms with Gasteiger partial charge < -0.3 is 4.74 Å². The van der Waals surface area contributed by atoms with Gasteiger partial charge in [0, 0.05) is 6.42 Å². The number of Topliss-reactive ketones (excluding diaryl/α,β-unsaturated/α-hetero) is 1. The van der Waals surface area contributed by atoms with Gasteiger partial charge in [-0.15, -0.1) is 0 Å². The van der Waals surface area contributed by atoms with E-state index in [2.05, 4.69) is 12.2 Å². The van der Waals surface area contributed by atoms with Crippen molar-refractivity contribution in [2.24, 2.45) is 0 Å². The fourth-order valence-corrected chi connectivity index (χ4v) is 2.06. The summed E-state index contributed by atoms with van der Waals surface area (Å²) in [5.41, 5.74) is 0. The molecule has 2 bridgehead atoms. The molecule has 1 saturated heterocycles. The second kappa shape index (κ2) is 4.05. The van der Waals surface area contributed by atoms with Crippen molar-refractivity contribution in [1.82, 2.24) is 0 Å². The highest BCUT2D eigenvalue weighted by molar-refractivity contribution is 5.83. The summed E-state index contributed by atoms with van der Waals surface area (Å²) in [5.74, 6) is 0.300. The minimum atomic E-state index is -0.0727. The Bertz CT molecular complexity index is 220. The third kappa shape index (κ3) is 2.19. The van der Waals surface area contributed by atoms with Crippen LogP contribution in [0.2, 0.25) is 0 Å². The lowest BCUT2D eigenvalue weighted by atomic mass is 10.1. The van der Waals surface area contributed by atoms with Crippen molar-refractivity contribution in [2.45, 2.75) is 50.7 Å². The van der Waals surface area contributed by atoms with Crippen molar-refractivity contribution in [3.8, 4) is 0 Å². The van der Waals surface area contributed by atoms with Crippen LogP contribution in [0.5, 0.6) is 0 Å². The molecule has 0 N–H and O–H groups in total. The predicted molar refractivity (Wildman–Crippen MR) is 50.5 cm³/mol. The molecule has 0 aromatic carbocycles. The monoisotopic (exact) mass is 180 g/mol. The van der Waals surface area contributed by atoms with E-state index in [4.69, 9.17) is 4.74 Å². The van der Waals surface area contributed by atoms with Gasteiger partial charge in [0.05, 0.1) is 6.10 Å². The second-order valence-corrected chi connectivity index (χ2v) is 3.88. The summed E-state index contributed by atoms with van der Waals surface area (Å²) in [6, 6.07) is 0. The zero-order chi connectivity index (χ0) is 9.10. The minimum Gasteiger partial charge on any atom is -0.367 e. The van der Waals surface area contributed by atoms with Crippen LogP contribution in [0.25, 0.3) is 0 Å². The summed E-state index contributed by atoms with van der Waals surface area (Å²) in [6.07, 6.45) is 10.3. The summed E-state index contributed by atoms with van der Waals surface area (Å²) in [7, 11) is 0. The lowest BCUT2D eigenvalue weighted by Crippen LogP contribution is -2.21. The fourth-order valence-electron chi connectivity index (χ4n) is 2.06. The molecular weight excluding hydrogens is 164 g/mol. The first-order chi connectivity index (χ1) is 6.36. The first-order valence-electron chi connectivity index (χ1n) is 5.19. The molecule has 2 heterocycles. The molecule has 13 heavy (non-hydrogen) atoms. The Balaban J connectivity index is 2.01. The molecule has 0 radical (unpaired) electrons. The van der Waals surface area contributed by atoms with Crippen LogP contribution >= 0.6 is 0 Å². The molecule has 0 saturated carbocycles. The number of carbonyl (C=O) groups is 1. The summed E-state index contributed by atoms with van der Waals surface area (Å²) in [6.45, 7) is 0. The average molecular weight is 180 g/mol. The second-order valence-electron chi connectivity index (χ2n) is 3.88. The van der Waals surface area contributed by atoms with Gasteiger partial charge >= 0.3 is 0 Å². The molecule has 0 spiro atoms. The van der Waals surface area contributed by atoms with Crippen molar-refractivity contribution in [3.05, 3.63) is 12.2 Å². The SMILES string of the molecule is O=C1CC/C=C/CCC2CCC1O2. The van der Waals surface area contributed by atoms with Gasteiger partial charge in [-0.25, -0.2) is 0 Å². The van der Waals surface area contributed by atoms with E-state index < -0.39 is 0 Å². The lowest BCUT2D eigenvalue weighted by molar-refractivity contribution is -0.129. The number of carbonyl (C=O) groups excluding carboxylic acids is 1. The Morgan fingerprint density at radius 2 is 2.00 bits per heavy atom. The van der Waals surface area contributed by atoms with E-state index in [0.29, 0.717) is 18.3 Å². The Morgan fingerprint density at radius 1 is 1.15 bits per heavy atom. The normalized spacial score (nSPS) is 37.4. The van der Waals surface area contributed by atoms with Crippen molar-refractivity contribution >= 4 is 5.78 Å². The van der Waals surface area contributed by atoms with Crippen LogP contribution in [0.1, 0.15) is 38.5 Å². The van der Waals surface area contributed by atoms with Crippen LogP contribution in [0, 0.1) is 0 Å². The number of hydrogen-bond acceptors (Lipinski definition) is 2. The Kier molecular flexibility index (Phi) is 2.79. The van der Waals surface area contributed by atoms with E-state index in [1.165, 1.54) is 0 Å². The standard InChI is InChI=1S/C11H16O2/c12-10-6-4-2-1-3-5-9-7-8-11(10)13-9/h1-2,9,11H,3-8H2/b2-1+. The summed E-state index contributed by atoms with van der Waals surface area (Å²) < 4.78 is 5.67. The van der Waals surface area contributed by atoms with Gasteiger partial charge in [-0.2, -0.15) is 0 Å². The Morgan fingerprint density at radius 3 is 2.92 bits per heavy atom. The smallest absolute Gasteiger partial charge is 0.161 e. The van der Waals surface area contributed by atoms with Crippen molar-refractivity contribution in [1.29, 1.82) is 0 Å². The molecule has 1 fully saturated rings. The maximum atomic E-state index is 11.5. The van der Waals surface area contributed by atoms with E-state index >= 15 is 0 Å². The van der Waals surface area contributed by atoms with Crippen molar-refractivity contribution in [3.63, 3.8) is 0 Å². The van der Waals surface area contributed by atoms with E-state index in [1.54, 1.807) is 0 Å². The molecule has 72 valence electrons. The van der Waals surface area contributed by atoms with Crippen LogP contribution in [0.3, 0.4) is 0 Å². The number of ketones is 1. The molecule has 2 aliphatic heterocycles. The highest BCUT2D eigenvalue weighted by Gasteiger charge is 2.29. The van der Waals surface area contributed by atoms with E-state index in [9.17, 15) is 4.79 Å².